The molecule has 108 valence electrons. The Morgan fingerprint density at radius 3 is 3.00 bits per heavy atom. The molecule has 20 heavy (non-hydrogen) atoms. The molecule has 0 saturated carbocycles. The first kappa shape index (κ1) is 13.5. The molecule has 0 aromatic heterocycles. The zero-order valence-electron chi connectivity index (χ0n) is 11.4. The van der Waals surface area contributed by atoms with E-state index < -0.39 is 11.5 Å². The molecule has 0 radical (unpaired) electrons. The smallest absolute Gasteiger partial charge is 0.328 e. The first-order valence-corrected chi connectivity index (χ1v) is 7.13. The molecule has 1 fully saturated rings. The van der Waals surface area contributed by atoms with Crippen molar-refractivity contribution < 1.29 is 14.3 Å². The van der Waals surface area contributed by atoms with Crippen molar-refractivity contribution in [2.24, 2.45) is 0 Å². The summed E-state index contributed by atoms with van der Waals surface area (Å²) in [6.07, 6.45) is 1.87. The SMILES string of the molecule is O=C(O)C1(N2CCCNCC2)CCc2c(F)cccc21. The molecule has 0 amide bonds. The molecule has 1 unspecified atom stereocenters. The van der Waals surface area contributed by atoms with Crippen molar-refractivity contribution in [2.45, 2.75) is 24.8 Å². The number of carboxylic acids is 1. The van der Waals surface area contributed by atoms with Crippen molar-refractivity contribution in [2.75, 3.05) is 26.2 Å². The van der Waals surface area contributed by atoms with Gasteiger partial charge in [0.15, 0.2) is 0 Å². The number of carboxylic acid groups (broad SMARTS) is 1. The van der Waals surface area contributed by atoms with E-state index >= 15 is 0 Å². The predicted octanol–water partition coefficient (Wildman–Crippen LogP) is 1.35. The van der Waals surface area contributed by atoms with Gasteiger partial charge in [0.1, 0.15) is 11.4 Å². The third-order valence-corrected chi connectivity index (χ3v) is 4.53. The maximum Gasteiger partial charge on any atom is 0.328 e. The molecule has 2 N–H and O–H groups in total. The number of fused-ring (bicyclic) bond motifs is 1. The lowest BCUT2D eigenvalue weighted by Crippen LogP contribution is -2.52. The topological polar surface area (TPSA) is 52.6 Å². The first-order valence-electron chi connectivity index (χ1n) is 7.13. The number of benzene rings is 1. The molecule has 4 nitrogen and oxygen atoms in total. The Labute approximate surface area is 117 Å². The van der Waals surface area contributed by atoms with Crippen molar-refractivity contribution in [1.82, 2.24) is 10.2 Å². The molecule has 1 atom stereocenters. The number of hydrogen-bond donors (Lipinski definition) is 2. The summed E-state index contributed by atoms with van der Waals surface area (Å²) in [5.41, 5.74) is 0.169. The van der Waals surface area contributed by atoms with Gasteiger partial charge in [-0.15, -0.1) is 0 Å². The highest BCUT2D eigenvalue weighted by Gasteiger charge is 2.50. The van der Waals surface area contributed by atoms with Gasteiger partial charge in [0.25, 0.3) is 0 Å². The normalized spacial score (nSPS) is 27.1. The lowest BCUT2D eigenvalue weighted by molar-refractivity contribution is -0.152. The van der Waals surface area contributed by atoms with Crippen LogP contribution in [-0.2, 0) is 16.8 Å². The van der Waals surface area contributed by atoms with Crippen molar-refractivity contribution in [3.05, 3.63) is 35.1 Å². The number of nitrogens with one attached hydrogen (secondary N) is 1. The summed E-state index contributed by atoms with van der Waals surface area (Å²) < 4.78 is 13.9. The molecule has 3 rings (SSSR count). The van der Waals surface area contributed by atoms with Gasteiger partial charge in [-0.3, -0.25) is 4.90 Å². The zero-order valence-corrected chi connectivity index (χ0v) is 11.4. The highest BCUT2D eigenvalue weighted by Crippen LogP contribution is 2.43. The van der Waals surface area contributed by atoms with Gasteiger partial charge in [0, 0.05) is 19.6 Å². The van der Waals surface area contributed by atoms with Gasteiger partial charge in [-0.25, -0.2) is 9.18 Å². The summed E-state index contributed by atoms with van der Waals surface area (Å²) in [6, 6.07) is 4.81. The van der Waals surface area contributed by atoms with Crippen molar-refractivity contribution in [3.63, 3.8) is 0 Å². The van der Waals surface area contributed by atoms with Crippen molar-refractivity contribution in [3.8, 4) is 0 Å². The Morgan fingerprint density at radius 1 is 1.35 bits per heavy atom. The molecule has 1 aliphatic carbocycles. The van der Waals surface area contributed by atoms with Crippen LogP contribution in [-0.4, -0.2) is 42.2 Å². The van der Waals surface area contributed by atoms with Crippen LogP contribution in [0.5, 0.6) is 0 Å². The summed E-state index contributed by atoms with van der Waals surface area (Å²) >= 11 is 0. The van der Waals surface area contributed by atoms with Gasteiger partial charge >= 0.3 is 5.97 Å². The summed E-state index contributed by atoms with van der Waals surface area (Å²) in [5.74, 6) is -1.14. The molecule has 1 saturated heterocycles. The van der Waals surface area contributed by atoms with Crippen LogP contribution in [0.3, 0.4) is 0 Å². The standard InChI is InChI=1S/C15H19FN2O2/c16-13-4-1-3-12-11(13)5-6-15(12,14(19)20)18-9-2-7-17-8-10-18/h1,3-4,17H,2,5-10H2,(H,19,20). The molecule has 5 heteroatoms. The number of hydrogen-bond acceptors (Lipinski definition) is 3. The minimum atomic E-state index is -1.05. The zero-order chi connectivity index (χ0) is 14.2. The summed E-state index contributed by atoms with van der Waals surface area (Å²) in [5, 5.41) is 13.1. The Morgan fingerprint density at radius 2 is 2.20 bits per heavy atom. The third-order valence-electron chi connectivity index (χ3n) is 4.53. The van der Waals surface area contributed by atoms with Crippen LogP contribution in [0.25, 0.3) is 0 Å². The van der Waals surface area contributed by atoms with E-state index in [4.69, 9.17) is 0 Å². The van der Waals surface area contributed by atoms with E-state index in [1.807, 2.05) is 4.90 Å². The Balaban J connectivity index is 2.07. The molecule has 1 aliphatic heterocycles. The molecule has 0 spiro atoms. The van der Waals surface area contributed by atoms with Gasteiger partial charge in [-0.2, -0.15) is 0 Å². The van der Waals surface area contributed by atoms with E-state index in [0.717, 1.165) is 26.1 Å². The van der Waals surface area contributed by atoms with E-state index in [0.29, 0.717) is 30.5 Å². The fourth-order valence-corrected chi connectivity index (χ4v) is 3.55. The number of carbonyl (C=O) groups is 1. The fourth-order valence-electron chi connectivity index (χ4n) is 3.55. The van der Waals surface area contributed by atoms with Crippen LogP contribution in [0.4, 0.5) is 4.39 Å². The van der Waals surface area contributed by atoms with E-state index in [-0.39, 0.29) is 5.82 Å². The maximum absolute atomic E-state index is 13.9. The van der Waals surface area contributed by atoms with Crippen LogP contribution in [0.15, 0.2) is 18.2 Å². The largest absolute Gasteiger partial charge is 0.480 e. The number of halogens is 1. The number of rotatable bonds is 2. The first-order chi connectivity index (χ1) is 9.66. The Kier molecular flexibility index (Phi) is 3.48. The fraction of sp³-hybridized carbons (Fsp3) is 0.533. The molecule has 2 aliphatic rings. The average molecular weight is 278 g/mol. The lowest BCUT2D eigenvalue weighted by Gasteiger charge is -2.37. The van der Waals surface area contributed by atoms with Gasteiger partial charge < -0.3 is 10.4 Å². The maximum atomic E-state index is 13.9. The second kappa shape index (κ2) is 5.14. The van der Waals surface area contributed by atoms with E-state index in [1.165, 1.54) is 6.07 Å². The highest BCUT2D eigenvalue weighted by atomic mass is 19.1. The summed E-state index contributed by atoms with van der Waals surface area (Å²) in [4.78, 5) is 14.0. The van der Waals surface area contributed by atoms with E-state index in [1.54, 1.807) is 12.1 Å². The molecule has 0 bridgehead atoms. The second-order valence-electron chi connectivity index (χ2n) is 5.52. The van der Waals surface area contributed by atoms with E-state index in [2.05, 4.69) is 5.32 Å². The van der Waals surface area contributed by atoms with Crippen LogP contribution in [0.1, 0.15) is 24.0 Å². The van der Waals surface area contributed by atoms with Crippen LogP contribution >= 0.6 is 0 Å². The molecular formula is C15H19FN2O2. The summed E-state index contributed by atoms with van der Waals surface area (Å²) in [6.45, 7) is 3.10. The number of nitrogens with zero attached hydrogens (tertiary/aromatic N) is 1. The van der Waals surface area contributed by atoms with E-state index in [9.17, 15) is 14.3 Å². The minimum absolute atomic E-state index is 0.279. The van der Waals surface area contributed by atoms with Gasteiger partial charge in [0.05, 0.1) is 0 Å². The average Bonchev–Trinajstić information content (AvgIpc) is 2.64. The van der Waals surface area contributed by atoms with Crippen molar-refractivity contribution >= 4 is 5.97 Å². The highest BCUT2D eigenvalue weighted by molar-refractivity contribution is 5.82. The Bertz CT molecular complexity index is 527. The van der Waals surface area contributed by atoms with Crippen LogP contribution in [0, 0.1) is 5.82 Å². The predicted molar refractivity (Wildman–Crippen MR) is 73.1 cm³/mol. The monoisotopic (exact) mass is 278 g/mol. The lowest BCUT2D eigenvalue weighted by atomic mass is 9.89. The molecule has 1 aromatic carbocycles. The van der Waals surface area contributed by atoms with Gasteiger partial charge in [0.2, 0.25) is 0 Å². The molecule has 1 heterocycles. The van der Waals surface area contributed by atoms with Crippen molar-refractivity contribution in [1.29, 1.82) is 0 Å². The van der Waals surface area contributed by atoms with Crippen LogP contribution < -0.4 is 5.32 Å². The summed E-state index contributed by atoms with van der Waals surface area (Å²) in [7, 11) is 0. The van der Waals surface area contributed by atoms with Gasteiger partial charge in [-0.1, -0.05) is 12.1 Å². The minimum Gasteiger partial charge on any atom is -0.480 e. The molecular weight excluding hydrogens is 259 g/mol. The van der Waals surface area contributed by atoms with Gasteiger partial charge in [-0.05, 0) is 43.0 Å². The second-order valence-corrected chi connectivity index (χ2v) is 5.52. The molecule has 1 aromatic rings. The number of aliphatic carboxylic acids is 1. The quantitative estimate of drug-likeness (QED) is 0.857. The Hall–Kier alpha value is -1.46. The third kappa shape index (κ3) is 1.93. The van der Waals surface area contributed by atoms with Crippen LogP contribution in [0.2, 0.25) is 0 Å².